The SMILES string of the molecule is CCNC(C)C1(Cc2cn(C)nn2)CC1. The molecular formula is C11H20N4. The first kappa shape index (κ1) is 10.6. The summed E-state index contributed by atoms with van der Waals surface area (Å²) in [6.45, 7) is 5.49. The van der Waals surface area contributed by atoms with Crippen LogP contribution < -0.4 is 5.32 Å². The third kappa shape index (κ3) is 2.20. The van der Waals surface area contributed by atoms with E-state index in [1.165, 1.54) is 12.8 Å². The van der Waals surface area contributed by atoms with E-state index in [2.05, 4.69) is 29.5 Å². The van der Waals surface area contributed by atoms with Crippen molar-refractivity contribution in [2.24, 2.45) is 12.5 Å². The Balaban J connectivity index is 1.99. The molecule has 0 bridgehead atoms. The normalized spacial score (nSPS) is 20.2. The van der Waals surface area contributed by atoms with Crippen molar-refractivity contribution in [3.8, 4) is 0 Å². The highest BCUT2D eigenvalue weighted by Crippen LogP contribution is 2.50. The second kappa shape index (κ2) is 3.93. The first-order valence-electron chi connectivity index (χ1n) is 5.75. The number of rotatable bonds is 5. The van der Waals surface area contributed by atoms with Gasteiger partial charge in [-0.05, 0) is 31.7 Å². The van der Waals surface area contributed by atoms with E-state index in [0.29, 0.717) is 11.5 Å². The highest BCUT2D eigenvalue weighted by atomic mass is 15.4. The van der Waals surface area contributed by atoms with Crippen LogP contribution in [0.2, 0.25) is 0 Å². The predicted molar refractivity (Wildman–Crippen MR) is 59.5 cm³/mol. The van der Waals surface area contributed by atoms with Gasteiger partial charge in [0.15, 0.2) is 0 Å². The molecule has 1 saturated carbocycles. The second-order valence-corrected chi connectivity index (χ2v) is 4.70. The summed E-state index contributed by atoms with van der Waals surface area (Å²) in [5.74, 6) is 0. The van der Waals surface area contributed by atoms with Gasteiger partial charge in [-0.15, -0.1) is 5.10 Å². The number of hydrogen-bond acceptors (Lipinski definition) is 3. The van der Waals surface area contributed by atoms with Crippen LogP contribution in [0, 0.1) is 5.41 Å². The molecule has 4 nitrogen and oxygen atoms in total. The van der Waals surface area contributed by atoms with Crippen LogP contribution in [0.25, 0.3) is 0 Å². The highest BCUT2D eigenvalue weighted by molar-refractivity contribution is 5.09. The lowest BCUT2D eigenvalue weighted by Gasteiger charge is -2.23. The van der Waals surface area contributed by atoms with Gasteiger partial charge in [0.1, 0.15) is 0 Å². The molecule has 0 amide bonds. The summed E-state index contributed by atoms with van der Waals surface area (Å²) in [5.41, 5.74) is 1.58. The molecular weight excluding hydrogens is 188 g/mol. The average molecular weight is 208 g/mol. The molecule has 0 aliphatic heterocycles. The average Bonchev–Trinajstić information content (AvgIpc) is 2.86. The van der Waals surface area contributed by atoms with Crippen molar-refractivity contribution in [1.82, 2.24) is 20.3 Å². The monoisotopic (exact) mass is 208 g/mol. The summed E-state index contributed by atoms with van der Waals surface area (Å²) in [6, 6.07) is 0.588. The largest absolute Gasteiger partial charge is 0.314 e. The summed E-state index contributed by atoms with van der Waals surface area (Å²) in [5, 5.41) is 11.7. The molecule has 2 rings (SSSR count). The number of nitrogens with zero attached hydrogens (tertiary/aromatic N) is 3. The van der Waals surface area contributed by atoms with Crippen molar-refractivity contribution in [3.63, 3.8) is 0 Å². The minimum atomic E-state index is 0.450. The van der Waals surface area contributed by atoms with Gasteiger partial charge in [-0.1, -0.05) is 12.1 Å². The topological polar surface area (TPSA) is 42.7 Å². The molecule has 1 aliphatic rings. The fraction of sp³-hybridized carbons (Fsp3) is 0.818. The molecule has 15 heavy (non-hydrogen) atoms. The van der Waals surface area contributed by atoms with Crippen LogP contribution in [0.3, 0.4) is 0 Å². The van der Waals surface area contributed by atoms with Gasteiger partial charge in [-0.25, -0.2) is 0 Å². The Kier molecular flexibility index (Phi) is 2.78. The van der Waals surface area contributed by atoms with Crippen LogP contribution in [0.4, 0.5) is 0 Å². The summed E-state index contributed by atoms with van der Waals surface area (Å²) in [6.07, 6.45) is 5.73. The molecule has 1 aliphatic carbocycles. The molecule has 1 aromatic heterocycles. The molecule has 1 heterocycles. The van der Waals surface area contributed by atoms with Gasteiger partial charge in [0.05, 0.1) is 5.69 Å². The highest BCUT2D eigenvalue weighted by Gasteiger charge is 2.47. The molecule has 0 spiro atoms. The van der Waals surface area contributed by atoms with E-state index in [1.54, 1.807) is 4.68 Å². The molecule has 0 radical (unpaired) electrons. The molecule has 0 saturated heterocycles. The standard InChI is InChI=1S/C11H20N4/c1-4-12-9(2)11(5-6-11)7-10-8-15(3)14-13-10/h8-9,12H,4-7H2,1-3H3. The van der Waals surface area contributed by atoms with Gasteiger partial charge in [0, 0.05) is 25.7 Å². The van der Waals surface area contributed by atoms with Gasteiger partial charge in [-0.3, -0.25) is 4.68 Å². The second-order valence-electron chi connectivity index (χ2n) is 4.70. The molecule has 84 valence electrons. The van der Waals surface area contributed by atoms with Gasteiger partial charge in [-0.2, -0.15) is 0 Å². The zero-order chi connectivity index (χ0) is 10.9. The Labute approximate surface area is 91.1 Å². The predicted octanol–water partition coefficient (Wildman–Crippen LogP) is 1.14. The molecule has 1 N–H and O–H groups in total. The Morgan fingerprint density at radius 2 is 2.33 bits per heavy atom. The van der Waals surface area contributed by atoms with Gasteiger partial charge in [0.25, 0.3) is 0 Å². The van der Waals surface area contributed by atoms with Crippen LogP contribution in [-0.2, 0) is 13.5 Å². The van der Waals surface area contributed by atoms with Crippen LogP contribution >= 0.6 is 0 Å². The quantitative estimate of drug-likeness (QED) is 0.789. The summed E-state index contributed by atoms with van der Waals surface area (Å²) < 4.78 is 1.78. The van der Waals surface area contributed by atoms with Crippen molar-refractivity contribution in [2.45, 2.75) is 39.2 Å². The molecule has 1 fully saturated rings. The van der Waals surface area contributed by atoms with E-state index < -0.39 is 0 Å². The lowest BCUT2D eigenvalue weighted by Crippen LogP contribution is -2.36. The van der Waals surface area contributed by atoms with Crippen molar-refractivity contribution in [2.75, 3.05) is 6.54 Å². The van der Waals surface area contributed by atoms with Crippen LogP contribution in [0.1, 0.15) is 32.4 Å². The first-order valence-corrected chi connectivity index (χ1v) is 5.75. The minimum absolute atomic E-state index is 0.450. The maximum absolute atomic E-state index is 4.17. The van der Waals surface area contributed by atoms with Crippen molar-refractivity contribution >= 4 is 0 Å². The maximum atomic E-state index is 4.17. The fourth-order valence-corrected chi connectivity index (χ4v) is 2.28. The zero-order valence-electron chi connectivity index (χ0n) is 9.82. The number of aromatic nitrogens is 3. The zero-order valence-corrected chi connectivity index (χ0v) is 9.82. The van der Waals surface area contributed by atoms with E-state index >= 15 is 0 Å². The van der Waals surface area contributed by atoms with E-state index in [-0.39, 0.29) is 0 Å². The lowest BCUT2D eigenvalue weighted by atomic mass is 9.92. The van der Waals surface area contributed by atoms with E-state index in [1.807, 2.05) is 13.2 Å². The van der Waals surface area contributed by atoms with E-state index in [9.17, 15) is 0 Å². The Bertz CT molecular complexity index is 327. The lowest BCUT2D eigenvalue weighted by molar-refractivity contribution is 0.353. The maximum Gasteiger partial charge on any atom is 0.0833 e. The van der Waals surface area contributed by atoms with Gasteiger partial charge >= 0.3 is 0 Å². The summed E-state index contributed by atoms with van der Waals surface area (Å²) in [4.78, 5) is 0. The molecule has 0 aromatic carbocycles. The van der Waals surface area contributed by atoms with Gasteiger partial charge in [0.2, 0.25) is 0 Å². The van der Waals surface area contributed by atoms with Crippen LogP contribution in [0.15, 0.2) is 6.20 Å². The molecule has 4 heteroatoms. The third-order valence-electron chi connectivity index (χ3n) is 3.50. The Hall–Kier alpha value is -0.900. The number of hydrogen-bond donors (Lipinski definition) is 1. The van der Waals surface area contributed by atoms with Crippen molar-refractivity contribution < 1.29 is 0 Å². The molecule has 1 unspecified atom stereocenters. The molecule has 1 aromatic rings. The summed E-state index contributed by atoms with van der Waals surface area (Å²) in [7, 11) is 1.92. The van der Waals surface area contributed by atoms with Crippen molar-refractivity contribution in [3.05, 3.63) is 11.9 Å². The minimum Gasteiger partial charge on any atom is -0.314 e. The number of nitrogens with one attached hydrogen (secondary N) is 1. The van der Waals surface area contributed by atoms with Crippen LogP contribution in [0.5, 0.6) is 0 Å². The molecule has 1 atom stereocenters. The number of aryl methyl sites for hydroxylation is 1. The van der Waals surface area contributed by atoms with Crippen LogP contribution in [-0.4, -0.2) is 27.6 Å². The Morgan fingerprint density at radius 3 is 2.80 bits per heavy atom. The van der Waals surface area contributed by atoms with Crippen molar-refractivity contribution in [1.29, 1.82) is 0 Å². The van der Waals surface area contributed by atoms with E-state index in [4.69, 9.17) is 0 Å². The third-order valence-corrected chi connectivity index (χ3v) is 3.50. The Morgan fingerprint density at radius 1 is 1.60 bits per heavy atom. The van der Waals surface area contributed by atoms with E-state index in [0.717, 1.165) is 18.7 Å². The van der Waals surface area contributed by atoms with Gasteiger partial charge < -0.3 is 5.32 Å². The summed E-state index contributed by atoms with van der Waals surface area (Å²) >= 11 is 0. The smallest absolute Gasteiger partial charge is 0.0833 e. The first-order chi connectivity index (χ1) is 7.16. The fourth-order valence-electron chi connectivity index (χ4n) is 2.28.